The van der Waals surface area contributed by atoms with Gasteiger partial charge in [0.15, 0.2) is 0 Å². The van der Waals surface area contributed by atoms with E-state index in [0.717, 1.165) is 12.8 Å². The average Bonchev–Trinajstić information content (AvgIpc) is 3.20. The molecule has 0 aliphatic carbocycles. The number of nitriles is 1. The smallest absolute Gasteiger partial charge is 0.410 e. The van der Waals surface area contributed by atoms with E-state index < -0.39 is 13.9 Å². The Morgan fingerprint density at radius 1 is 0.943 bits per heavy atom. The van der Waals surface area contributed by atoms with Crippen LogP contribution in [0.2, 0.25) is 5.04 Å². The minimum absolute atomic E-state index is 0.00254. The molecule has 35 heavy (non-hydrogen) atoms. The lowest BCUT2D eigenvalue weighted by Gasteiger charge is -2.44. The molecule has 0 N–H and O–H groups in total. The first-order chi connectivity index (χ1) is 16.5. The standard InChI is InChI=1S/C29H40N2O3Si/c1-28(2,3)34-27(32)31-23(14-13-21-30)19-20-24(31)22-33-35(29(4,5)6,25-15-9-7-10-16-25)26-17-11-8-12-18-26/h7-12,15-18,23-24H,13-14,19-20,22H2,1-6H3/t23-,24+/m1/s1. The Morgan fingerprint density at radius 2 is 1.46 bits per heavy atom. The Morgan fingerprint density at radius 3 is 1.91 bits per heavy atom. The van der Waals surface area contributed by atoms with Crippen LogP contribution in [0.3, 0.4) is 0 Å². The summed E-state index contributed by atoms with van der Waals surface area (Å²) in [5.74, 6) is 0. The molecule has 1 heterocycles. The SMILES string of the molecule is CC(C)(C)OC(=O)N1[C@H](CCC#N)CC[C@H]1CO[Si](c1ccccc1)(c1ccccc1)C(C)(C)C. The lowest BCUT2D eigenvalue weighted by atomic mass is 10.1. The highest BCUT2D eigenvalue weighted by atomic mass is 28.4. The maximum atomic E-state index is 13.3. The largest absolute Gasteiger partial charge is 0.444 e. The fourth-order valence-electron chi connectivity index (χ4n) is 5.23. The van der Waals surface area contributed by atoms with E-state index in [0.29, 0.717) is 19.4 Å². The molecule has 0 unspecified atom stereocenters. The van der Waals surface area contributed by atoms with Gasteiger partial charge < -0.3 is 9.16 Å². The van der Waals surface area contributed by atoms with Crippen molar-refractivity contribution in [3.8, 4) is 6.07 Å². The van der Waals surface area contributed by atoms with Crippen LogP contribution in [0.1, 0.15) is 67.2 Å². The molecule has 0 radical (unpaired) electrons. The van der Waals surface area contributed by atoms with E-state index in [1.807, 2.05) is 37.8 Å². The third-order valence-electron chi connectivity index (χ3n) is 6.72. The van der Waals surface area contributed by atoms with Crippen molar-refractivity contribution in [2.45, 2.75) is 89.9 Å². The molecule has 1 aliphatic heterocycles. The Labute approximate surface area is 212 Å². The molecule has 2 aromatic carbocycles. The Hall–Kier alpha value is -2.62. The van der Waals surface area contributed by atoms with Crippen LogP contribution in [0.25, 0.3) is 0 Å². The molecular weight excluding hydrogens is 452 g/mol. The van der Waals surface area contributed by atoms with E-state index in [9.17, 15) is 4.79 Å². The van der Waals surface area contributed by atoms with Crippen LogP contribution in [0.15, 0.2) is 60.7 Å². The van der Waals surface area contributed by atoms with Crippen LogP contribution < -0.4 is 10.4 Å². The molecule has 2 aromatic rings. The van der Waals surface area contributed by atoms with E-state index in [-0.39, 0.29) is 23.2 Å². The number of hydrogen-bond acceptors (Lipinski definition) is 4. The number of rotatable bonds is 7. The third kappa shape index (κ3) is 6.15. The van der Waals surface area contributed by atoms with Crippen LogP contribution >= 0.6 is 0 Å². The van der Waals surface area contributed by atoms with Gasteiger partial charge in [-0.2, -0.15) is 5.26 Å². The highest BCUT2D eigenvalue weighted by molar-refractivity contribution is 6.99. The van der Waals surface area contributed by atoms with Gasteiger partial charge in [-0.1, -0.05) is 81.4 Å². The molecule has 1 saturated heterocycles. The van der Waals surface area contributed by atoms with Crippen molar-refractivity contribution >= 4 is 24.8 Å². The number of amides is 1. The first-order valence-electron chi connectivity index (χ1n) is 12.6. The highest BCUT2D eigenvalue weighted by Gasteiger charge is 2.51. The molecule has 1 fully saturated rings. The second-order valence-electron chi connectivity index (χ2n) is 11.4. The number of carbonyl (C=O) groups is 1. The van der Waals surface area contributed by atoms with Crippen LogP contribution in [0, 0.1) is 11.3 Å². The predicted octanol–water partition coefficient (Wildman–Crippen LogP) is 5.63. The predicted molar refractivity (Wildman–Crippen MR) is 143 cm³/mol. The molecule has 0 saturated carbocycles. The maximum Gasteiger partial charge on any atom is 0.410 e. The molecule has 0 bridgehead atoms. The average molecular weight is 493 g/mol. The van der Waals surface area contributed by atoms with Crippen molar-refractivity contribution in [1.29, 1.82) is 5.26 Å². The van der Waals surface area contributed by atoms with Crippen LogP contribution in [-0.4, -0.2) is 43.6 Å². The van der Waals surface area contributed by atoms with Gasteiger partial charge >= 0.3 is 6.09 Å². The molecular formula is C29H40N2O3Si. The first-order valence-corrected chi connectivity index (χ1v) is 14.5. The lowest BCUT2D eigenvalue weighted by molar-refractivity contribution is 0.00919. The highest BCUT2D eigenvalue weighted by Crippen LogP contribution is 2.38. The van der Waals surface area contributed by atoms with E-state index in [2.05, 4.69) is 75.4 Å². The maximum absolute atomic E-state index is 13.3. The summed E-state index contributed by atoms with van der Waals surface area (Å²) < 4.78 is 12.9. The van der Waals surface area contributed by atoms with E-state index in [1.165, 1.54) is 10.4 Å². The fourth-order valence-corrected chi connectivity index (χ4v) is 9.83. The van der Waals surface area contributed by atoms with Gasteiger partial charge in [-0.3, -0.25) is 4.90 Å². The van der Waals surface area contributed by atoms with Gasteiger partial charge in [0.2, 0.25) is 0 Å². The molecule has 3 rings (SSSR count). The summed E-state index contributed by atoms with van der Waals surface area (Å²) in [4.78, 5) is 15.1. The molecule has 1 aliphatic rings. The van der Waals surface area contributed by atoms with Gasteiger partial charge in [0.1, 0.15) is 5.60 Å². The van der Waals surface area contributed by atoms with Crippen molar-refractivity contribution in [3.05, 3.63) is 60.7 Å². The van der Waals surface area contributed by atoms with Crippen molar-refractivity contribution in [1.82, 2.24) is 4.90 Å². The number of ether oxygens (including phenoxy) is 1. The van der Waals surface area contributed by atoms with Crippen molar-refractivity contribution < 1.29 is 14.0 Å². The van der Waals surface area contributed by atoms with Crippen molar-refractivity contribution in [3.63, 3.8) is 0 Å². The minimum Gasteiger partial charge on any atom is -0.444 e. The van der Waals surface area contributed by atoms with Crippen molar-refractivity contribution in [2.24, 2.45) is 0 Å². The number of hydrogen-bond donors (Lipinski definition) is 0. The van der Waals surface area contributed by atoms with Gasteiger partial charge in [-0.25, -0.2) is 4.79 Å². The molecule has 188 valence electrons. The van der Waals surface area contributed by atoms with Crippen LogP contribution in [0.5, 0.6) is 0 Å². The van der Waals surface area contributed by atoms with E-state index >= 15 is 0 Å². The molecule has 1 amide bonds. The van der Waals surface area contributed by atoms with Gasteiger partial charge in [-0.05, 0) is 55.4 Å². The van der Waals surface area contributed by atoms with Gasteiger partial charge in [0, 0.05) is 12.5 Å². The second kappa shape index (κ2) is 11.0. The monoisotopic (exact) mass is 492 g/mol. The number of likely N-dealkylation sites (tertiary alicyclic amines) is 1. The Bertz CT molecular complexity index is 967. The first kappa shape index (κ1) is 27.0. The molecule has 5 nitrogen and oxygen atoms in total. The topological polar surface area (TPSA) is 62.6 Å². The summed E-state index contributed by atoms with van der Waals surface area (Å²) >= 11 is 0. The van der Waals surface area contributed by atoms with Gasteiger partial charge in [0.05, 0.1) is 18.7 Å². The summed E-state index contributed by atoms with van der Waals surface area (Å²) in [7, 11) is -2.71. The zero-order chi connectivity index (χ0) is 25.7. The minimum atomic E-state index is -2.71. The summed E-state index contributed by atoms with van der Waals surface area (Å²) in [6.07, 6.45) is 2.47. The molecule has 2 atom stereocenters. The van der Waals surface area contributed by atoms with Gasteiger partial charge in [0.25, 0.3) is 8.32 Å². The number of carbonyl (C=O) groups excluding carboxylic acids is 1. The summed E-state index contributed by atoms with van der Waals surface area (Å²) in [6.45, 7) is 12.9. The van der Waals surface area contributed by atoms with E-state index in [4.69, 9.17) is 14.4 Å². The molecule has 6 heteroatoms. The Balaban J connectivity index is 1.98. The second-order valence-corrected chi connectivity index (χ2v) is 15.7. The van der Waals surface area contributed by atoms with Gasteiger partial charge in [-0.15, -0.1) is 0 Å². The number of nitrogens with zero attached hydrogens (tertiary/aromatic N) is 2. The van der Waals surface area contributed by atoms with Crippen molar-refractivity contribution in [2.75, 3.05) is 6.61 Å². The third-order valence-corrected chi connectivity index (χ3v) is 11.7. The summed E-state index contributed by atoms with van der Waals surface area (Å²) in [5, 5.41) is 11.5. The zero-order valence-corrected chi connectivity index (χ0v) is 23.1. The summed E-state index contributed by atoms with van der Waals surface area (Å²) in [5.41, 5.74) is -0.581. The van der Waals surface area contributed by atoms with E-state index in [1.54, 1.807) is 0 Å². The fraction of sp³-hybridized carbons (Fsp3) is 0.517. The normalized spacial score (nSPS) is 18.8. The van der Waals surface area contributed by atoms with Crippen LogP contribution in [-0.2, 0) is 9.16 Å². The summed E-state index contributed by atoms with van der Waals surface area (Å²) in [6, 6.07) is 23.3. The van der Waals surface area contributed by atoms with Crippen LogP contribution in [0.4, 0.5) is 4.79 Å². The molecule has 0 aromatic heterocycles. The zero-order valence-electron chi connectivity index (χ0n) is 22.1. The molecule has 0 spiro atoms. The quantitative estimate of drug-likeness (QED) is 0.470. The number of benzene rings is 2. The lowest BCUT2D eigenvalue weighted by Crippen LogP contribution is -2.67. The Kier molecular flexibility index (Phi) is 8.45.